The number of quaternary nitrogens is 1. The maximum atomic E-state index is 6.10. The number of tetrazole rings is 1. The summed E-state index contributed by atoms with van der Waals surface area (Å²) < 4.78 is 14.1. The molecule has 0 radical (unpaired) electrons. The van der Waals surface area contributed by atoms with E-state index >= 15 is 0 Å². The monoisotopic (exact) mass is 344 g/mol. The highest BCUT2D eigenvalue weighted by atomic mass is 16.6. The number of nitrogens with two attached hydrogens (primary N) is 1. The second-order valence-electron chi connectivity index (χ2n) is 7.35. The van der Waals surface area contributed by atoms with Gasteiger partial charge in [0.2, 0.25) is 0 Å². The fourth-order valence-electron chi connectivity index (χ4n) is 3.76. The zero-order chi connectivity index (χ0) is 17.2. The molecule has 1 aromatic heterocycles. The van der Waals surface area contributed by atoms with E-state index in [1.165, 1.54) is 6.42 Å². The first-order valence-electron chi connectivity index (χ1n) is 9.14. The zero-order valence-electron chi connectivity index (χ0n) is 14.8. The van der Waals surface area contributed by atoms with Gasteiger partial charge in [0.25, 0.3) is 0 Å². The standard InChI is InChI=1S/C18H25N5O2/c1-12(2)8-9-19-14-10-24-17-15(11-25-16(14)17)23-18(20-21-22-23)13-6-4-3-5-7-13/h3-7,12,14-17,19H,8-11H2,1-2H3/p+1/t14-,15-,16+,17+/m0/s1. The fraction of sp³-hybridized carbons (Fsp3) is 0.611. The normalized spacial score (nSPS) is 28.6. The van der Waals surface area contributed by atoms with Crippen LogP contribution >= 0.6 is 0 Å². The lowest BCUT2D eigenvalue weighted by Gasteiger charge is -2.17. The third-order valence-corrected chi connectivity index (χ3v) is 5.12. The van der Waals surface area contributed by atoms with Crippen molar-refractivity contribution in [2.45, 2.75) is 44.6 Å². The lowest BCUT2D eigenvalue weighted by molar-refractivity contribution is -0.693. The van der Waals surface area contributed by atoms with Gasteiger partial charge in [0.1, 0.15) is 30.9 Å². The number of hydrogen-bond donors (Lipinski definition) is 1. The number of ether oxygens (including phenoxy) is 2. The third-order valence-electron chi connectivity index (χ3n) is 5.12. The highest BCUT2D eigenvalue weighted by Crippen LogP contribution is 2.34. The van der Waals surface area contributed by atoms with Crippen molar-refractivity contribution in [3.63, 3.8) is 0 Å². The first kappa shape index (κ1) is 16.6. The molecule has 2 aliphatic heterocycles. The third kappa shape index (κ3) is 3.31. The molecular weight excluding hydrogens is 318 g/mol. The molecule has 2 saturated heterocycles. The minimum absolute atomic E-state index is 0.0197. The molecule has 134 valence electrons. The van der Waals surface area contributed by atoms with Crippen LogP contribution in [0.5, 0.6) is 0 Å². The van der Waals surface area contributed by atoms with Gasteiger partial charge in [-0.2, -0.15) is 0 Å². The van der Waals surface area contributed by atoms with Crippen molar-refractivity contribution in [3.05, 3.63) is 30.3 Å². The average molecular weight is 344 g/mol. The Kier molecular flexibility index (Phi) is 4.78. The molecule has 0 aliphatic carbocycles. The van der Waals surface area contributed by atoms with E-state index in [-0.39, 0.29) is 18.2 Å². The van der Waals surface area contributed by atoms with Crippen LogP contribution in [0.4, 0.5) is 0 Å². The molecule has 2 aromatic rings. The van der Waals surface area contributed by atoms with Gasteiger partial charge in [0.15, 0.2) is 5.82 Å². The van der Waals surface area contributed by atoms with E-state index in [2.05, 4.69) is 34.7 Å². The van der Waals surface area contributed by atoms with E-state index in [0.29, 0.717) is 12.6 Å². The maximum Gasteiger partial charge on any atom is 0.182 e. The van der Waals surface area contributed by atoms with Crippen LogP contribution in [-0.2, 0) is 9.47 Å². The molecule has 2 fully saturated rings. The number of hydrogen-bond acceptors (Lipinski definition) is 5. The van der Waals surface area contributed by atoms with Crippen LogP contribution in [0.3, 0.4) is 0 Å². The van der Waals surface area contributed by atoms with Gasteiger partial charge in [-0.15, -0.1) is 5.10 Å². The second kappa shape index (κ2) is 7.19. The summed E-state index contributed by atoms with van der Waals surface area (Å²) in [7, 11) is 0. The quantitative estimate of drug-likeness (QED) is 0.833. The van der Waals surface area contributed by atoms with Crippen molar-refractivity contribution in [2.75, 3.05) is 19.8 Å². The van der Waals surface area contributed by atoms with Crippen molar-refractivity contribution in [1.29, 1.82) is 0 Å². The molecule has 1 aromatic carbocycles. The summed E-state index contributed by atoms with van der Waals surface area (Å²) in [5, 5.41) is 14.7. The number of benzene rings is 1. The van der Waals surface area contributed by atoms with E-state index in [1.54, 1.807) is 0 Å². The minimum atomic E-state index is 0.0197. The Bertz CT molecular complexity index is 690. The van der Waals surface area contributed by atoms with Gasteiger partial charge < -0.3 is 14.8 Å². The summed E-state index contributed by atoms with van der Waals surface area (Å²) in [5.74, 6) is 1.49. The molecule has 7 heteroatoms. The molecule has 7 nitrogen and oxygen atoms in total. The van der Waals surface area contributed by atoms with E-state index in [1.807, 2.05) is 35.0 Å². The molecular formula is C18H26N5O2+. The van der Waals surface area contributed by atoms with Crippen LogP contribution in [0.25, 0.3) is 11.4 Å². The molecule has 0 amide bonds. The van der Waals surface area contributed by atoms with E-state index in [4.69, 9.17) is 9.47 Å². The molecule has 4 atom stereocenters. The second-order valence-corrected chi connectivity index (χ2v) is 7.35. The van der Waals surface area contributed by atoms with Crippen LogP contribution in [-0.4, -0.2) is 58.2 Å². The van der Waals surface area contributed by atoms with Crippen LogP contribution < -0.4 is 5.32 Å². The van der Waals surface area contributed by atoms with E-state index in [9.17, 15) is 0 Å². The number of aromatic nitrogens is 4. The summed E-state index contributed by atoms with van der Waals surface area (Å²) in [5.41, 5.74) is 1.01. The van der Waals surface area contributed by atoms with Crippen molar-refractivity contribution in [1.82, 2.24) is 20.2 Å². The van der Waals surface area contributed by atoms with E-state index < -0.39 is 0 Å². The first-order valence-corrected chi connectivity index (χ1v) is 9.14. The summed E-state index contributed by atoms with van der Waals surface area (Å²) in [6.07, 6.45) is 1.35. The van der Waals surface area contributed by atoms with Gasteiger partial charge >= 0.3 is 0 Å². The minimum Gasteiger partial charge on any atom is -0.367 e. The van der Waals surface area contributed by atoms with Crippen molar-refractivity contribution in [3.8, 4) is 11.4 Å². The smallest absolute Gasteiger partial charge is 0.182 e. The molecule has 0 spiro atoms. The van der Waals surface area contributed by atoms with Crippen molar-refractivity contribution >= 4 is 0 Å². The van der Waals surface area contributed by atoms with Gasteiger partial charge in [0.05, 0.1) is 13.2 Å². The molecule has 0 unspecified atom stereocenters. The Morgan fingerprint density at radius 2 is 1.96 bits per heavy atom. The average Bonchev–Trinajstić information content (AvgIpc) is 3.31. The zero-order valence-corrected chi connectivity index (χ0v) is 14.8. The highest BCUT2D eigenvalue weighted by molar-refractivity contribution is 5.54. The van der Waals surface area contributed by atoms with Gasteiger partial charge in [-0.3, -0.25) is 0 Å². The predicted molar refractivity (Wildman–Crippen MR) is 91.8 cm³/mol. The Morgan fingerprint density at radius 3 is 2.76 bits per heavy atom. The Balaban J connectivity index is 1.47. The first-order chi connectivity index (χ1) is 12.2. The summed E-state index contributed by atoms with van der Waals surface area (Å²) in [4.78, 5) is 0. The number of fused-ring (bicyclic) bond motifs is 1. The number of nitrogens with zero attached hydrogens (tertiary/aromatic N) is 4. The topological polar surface area (TPSA) is 78.7 Å². The Hall–Kier alpha value is -1.83. The van der Waals surface area contributed by atoms with Crippen LogP contribution in [0, 0.1) is 5.92 Å². The molecule has 25 heavy (non-hydrogen) atoms. The highest BCUT2D eigenvalue weighted by Gasteiger charge is 2.51. The van der Waals surface area contributed by atoms with Crippen molar-refractivity contribution < 1.29 is 14.8 Å². The molecule has 0 bridgehead atoms. The fourth-order valence-corrected chi connectivity index (χ4v) is 3.76. The SMILES string of the molecule is CC(C)CC[NH2+][C@H]1CO[C@H]2[C@@H]1OC[C@@H]2n1nnnc1-c1ccccc1. The number of rotatable bonds is 6. The largest absolute Gasteiger partial charge is 0.367 e. The maximum absolute atomic E-state index is 6.10. The van der Waals surface area contributed by atoms with Gasteiger partial charge in [-0.05, 0) is 22.8 Å². The van der Waals surface area contributed by atoms with Crippen LogP contribution in [0.2, 0.25) is 0 Å². The predicted octanol–water partition coefficient (Wildman–Crippen LogP) is 0.657. The van der Waals surface area contributed by atoms with Gasteiger partial charge in [-0.1, -0.05) is 44.2 Å². The molecule has 2 N–H and O–H groups in total. The molecule has 0 saturated carbocycles. The summed E-state index contributed by atoms with van der Waals surface area (Å²) >= 11 is 0. The molecule has 4 rings (SSSR count). The Labute approximate surface area is 147 Å². The summed E-state index contributed by atoms with van der Waals surface area (Å²) in [6.45, 7) is 6.95. The van der Waals surface area contributed by atoms with Crippen molar-refractivity contribution in [2.24, 2.45) is 5.92 Å². The van der Waals surface area contributed by atoms with Crippen LogP contribution in [0.15, 0.2) is 30.3 Å². The lowest BCUT2D eigenvalue weighted by Crippen LogP contribution is -2.93. The lowest BCUT2D eigenvalue weighted by atomic mass is 10.1. The molecule has 2 aliphatic rings. The van der Waals surface area contributed by atoms with Crippen LogP contribution in [0.1, 0.15) is 26.3 Å². The Morgan fingerprint density at radius 1 is 1.16 bits per heavy atom. The molecule has 3 heterocycles. The summed E-state index contributed by atoms with van der Waals surface area (Å²) in [6, 6.07) is 10.4. The van der Waals surface area contributed by atoms with Gasteiger partial charge in [0, 0.05) is 5.56 Å². The van der Waals surface area contributed by atoms with E-state index in [0.717, 1.165) is 30.5 Å². The van der Waals surface area contributed by atoms with Gasteiger partial charge in [-0.25, -0.2) is 4.68 Å².